The molecule has 0 radical (unpaired) electrons. The fraction of sp³-hybridized carbons (Fsp3) is 0.111. The Hall–Kier alpha value is -1.89. The van der Waals surface area contributed by atoms with Gasteiger partial charge in [-0.05, 0) is 17.7 Å². The molecule has 0 aromatic heterocycles. The van der Waals surface area contributed by atoms with E-state index < -0.39 is 32.4 Å². The number of rotatable bonds is 4. The first-order valence-corrected chi connectivity index (χ1v) is 5.72. The highest BCUT2D eigenvalue weighted by Gasteiger charge is 2.15. The highest BCUT2D eigenvalue weighted by atomic mass is 32.2. The summed E-state index contributed by atoms with van der Waals surface area (Å²) in [5, 5.41) is 20.7. The molecule has 1 aromatic carbocycles. The molecule has 0 fully saturated rings. The Labute approximate surface area is 91.1 Å². The molecule has 0 heterocycles. The van der Waals surface area contributed by atoms with Crippen molar-refractivity contribution in [2.75, 3.05) is 5.75 Å². The predicted molar refractivity (Wildman–Crippen MR) is 47.8 cm³/mol. The lowest BCUT2D eigenvalue weighted by Gasteiger charge is -2.07. The van der Waals surface area contributed by atoms with E-state index in [-0.39, 0.29) is 5.56 Å². The van der Waals surface area contributed by atoms with E-state index in [0.29, 0.717) is 0 Å². The lowest BCUT2D eigenvalue weighted by molar-refractivity contribution is -0.301. The molecular formula is C9H6O6S-2. The van der Waals surface area contributed by atoms with Gasteiger partial charge < -0.3 is 19.8 Å². The number of carboxylic acid groups (broad SMARTS) is 2. The number of benzene rings is 1. The Bertz CT molecular complexity index is 531. The van der Waals surface area contributed by atoms with Crippen LogP contribution >= 0.6 is 0 Å². The maximum atomic E-state index is 11.4. The Balaban J connectivity index is 3.19. The molecule has 0 N–H and O–H groups in total. The van der Waals surface area contributed by atoms with Crippen LogP contribution in [0.1, 0.15) is 10.4 Å². The first-order valence-electron chi connectivity index (χ1n) is 4.07. The second-order valence-corrected chi connectivity index (χ2v) is 4.94. The predicted octanol–water partition coefficient (Wildman–Crippen LogP) is -2.43. The molecule has 0 saturated heterocycles. The van der Waals surface area contributed by atoms with Crippen molar-refractivity contribution in [2.45, 2.75) is 4.90 Å². The molecular weight excluding hydrogens is 236 g/mol. The zero-order valence-corrected chi connectivity index (χ0v) is 8.69. The van der Waals surface area contributed by atoms with Crippen molar-refractivity contribution in [3.05, 3.63) is 29.8 Å². The summed E-state index contributed by atoms with van der Waals surface area (Å²) in [5.41, 5.74) is -0.334. The van der Waals surface area contributed by atoms with Gasteiger partial charge in [-0.25, -0.2) is 8.42 Å². The summed E-state index contributed by atoms with van der Waals surface area (Å²) in [7, 11) is -4.07. The lowest BCUT2D eigenvalue weighted by Crippen LogP contribution is -2.30. The number of hydrogen-bond donors (Lipinski definition) is 0. The van der Waals surface area contributed by atoms with Crippen molar-refractivity contribution in [1.82, 2.24) is 0 Å². The number of aromatic carboxylic acids is 1. The monoisotopic (exact) mass is 242 g/mol. The van der Waals surface area contributed by atoms with Gasteiger partial charge in [-0.2, -0.15) is 0 Å². The molecule has 0 aliphatic heterocycles. The van der Waals surface area contributed by atoms with E-state index in [1.807, 2.05) is 0 Å². The van der Waals surface area contributed by atoms with Crippen molar-refractivity contribution in [1.29, 1.82) is 0 Å². The van der Waals surface area contributed by atoms with Gasteiger partial charge in [0.15, 0.2) is 9.84 Å². The second-order valence-electron chi connectivity index (χ2n) is 2.95. The minimum Gasteiger partial charge on any atom is -0.549 e. The van der Waals surface area contributed by atoms with Crippen LogP contribution in [0.4, 0.5) is 0 Å². The van der Waals surface area contributed by atoms with Gasteiger partial charge in [-0.15, -0.1) is 0 Å². The van der Waals surface area contributed by atoms with Gasteiger partial charge in [0.1, 0.15) is 0 Å². The molecule has 16 heavy (non-hydrogen) atoms. The Morgan fingerprint density at radius 2 is 1.81 bits per heavy atom. The molecule has 6 nitrogen and oxygen atoms in total. The van der Waals surface area contributed by atoms with Crippen LogP contribution in [0.25, 0.3) is 0 Å². The number of aliphatic carboxylic acids is 1. The van der Waals surface area contributed by atoms with Crippen molar-refractivity contribution in [2.24, 2.45) is 0 Å². The third kappa shape index (κ3) is 2.80. The van der Waals surface area contributed by atoms with Gasteiger partial charge in [-0.1, -0.05) is 12.1 Å². The number of carbonyl (C=O) groups is 2. The smallest absolute Gasteiger partial charge is 0.183 e. The summed E-state index contributed by atoms with van der Waals surface area (Å²) in [6.45, 7) is 0. The van der Waals surface area contributed by atoms with Crippen molar-refractivity contribution < 1.29 is 28.2 Å². The molecule has 7 heteroatoms. The topological polar surface area (TPSA) is 114 Å². The molecule has 0 atom stereocenters. The molecule has 86 valence electrons. The van der Waals surface area contributed by atoms with Gasteiger partial charge in [0, 0.05) is 0 Å². The molecule has 0 spiro atoms. The van der Waals surface area contributed by atoms with E-state index in [0.717, 1.165) is 18.2 Å². The maximum absolute atomic E-state index is 11.4. The molecule has 0 bridgehead atoms. The molecule has 0 aliphatic carbocycles. The van der Waals surface area contributed by atoms with Crippen LogP contribution < -0.4 is 10.2 Å². The van der Waals surface area contributed by atoms with Crippen LogP contribution in [-0.4, -0.2) is 26.1 Å². The molecule has 1 rings (SSSR count). The number of carbonyl (C=O) groups excluding carboxylic acids is 2. The minimum atomic E-state index is -4.07. The molecule has 0 saturated carbocycles. The van der Waals surface area contributed by atoms with Crippen LogP contribution in [0.2, 0.25) is 0 Å². The molecule has 1 aromatic rings. The van der Waals surface area contributed by atoms with Gasteiger partial charge in [0.25, 0.3) is 0 Å². The van der Waals surface area contributed by atoms with E-state index in [9.17, 15) is 28.2 Å². The highest BCUT2D eigenvalue weighted by Crippen LogP contribution is 2.12. The van der Waals surface area contributed by atoms with Gasteiger partial charge >= 0.3 is 0 Å². The van der Waals surface area contributed by atoms with Crippen LogP contribution in [0, 0.1) is 0 Å². The standard InChI is InChI=1S/C9H8O6S/c10-8(11)5-16(14,15)7-3-1-2-6(4-7)9(12)13/h1-4H,5H2,(H,10,11)(H,12,13)/p-2. The number of sulfone groups is 1. The maximum Gasteiger partial charge on any atom is 0.183 e. The van der Waals surface area contributed by atoms with Gasteiger partial charge in [-0.3, -0.25) is 0 Å². The van der Waals surface area contributed by atoms with E-state index in [1.54, 1.807) is 0 Å². The van der Waals surface area contributed by atoms with Gasteiger partial charge in [0.2, 0.25) is 0 Å². The summed E-state index contributed by atoms with van der Waals surface area (Å²) in [6, 6.07) is 4.28. The summed E-state index contributed by atoms with van der Waals surface area (Å²) in [5.74, 6) is -4.48. The highest BCUT2D eigenvalue weighted by molar-refractivity contribution is 7.92. The summed E-state index contributed by atoms with van der Waals surface area (Å²) in [4.78, 5) is 20.3. The first kappa shape index (κ1) is 12.2. The lowest BCUT2D eigenvalue weighted by atomic mass is 10.2. The SMILES string of the molecule is O=C([O-])CS(=O)(=O)c1cccc(C(=O)[O-])c1. The zero-order valence-electron chi connectivity index (χ0n) is 7.87. The van der Waals surface area contributed by atoms with Crippen molar-refractivity contribution in [3.8, 4) is 0 Å². The quantitative estimate of drug-likeness (QED) is 0.580. The third-order valence-electron chi connectivity index (χ3n) is 1.74. The Morgan fingerprint density at radius 1 is 1.19 bits per heavy atom. The summed E-state index contributed by atoms with van der Waals surface area (Å²) < 4.78 is 22.8. The van der Waals surface area contributed by atoms with E-state index in [4.69, 9.17) is 0 Å². The summed E-state index contributed by atoms with van der Waals surface area (Å²) in [6.07, 6.45) is 0. The van der Waals surface area contributed by atoms with Gasteiger partial charge in [0.05, 0.1) is 22.6 Å². The third-order valence-corrected chi connectivity index (χ3v) is 3.32. The fourth-order valence-electron chi connectivity index (χ4n) is 1.06. The average molecular weight is 242 g/mol. The normalized spacial score (nSPS) is 11.0. The van der Waals surface area contributed by atoms with Crippen molar-refractivity contribution in [3.63, 3.8) is 0 Å². The largest absolute Gasteiger partial charge is 0.549 e. The first-order chi connectivity index (χ1) is 7.33. The Kier molecular flexibility index (Phi) is 3.28. The molecule has 0 unspecified atom stereocenters. The number of carboxylic acids is 2. The van der Waals surface area contributed by atoms with Crippen LogP contribution in [0.15, 0.2) is 29.2 Å². The molecule has 0 amide bonds. The minimum absolute atomic E-state index is 0.334. The van der Waals surface area contributed by atoms with Crippen LogP contribution in [-0.2, 0) is 14.6 Å². The van der Waals surface area contributed by atoms with Crippen LogP contribution in [0.5, 0.6) is 0 Å². The summed E-state index contributed by atoms with van der Waals surface area (Å²) >= 11 is 0. The fourth-order valence-corrected chi connectivity index (χ4v) is 2.12. The zero-order chi connectivity index (χ0) is 12.3. The van der Waals surface area contributed by atoms with E-state index in [2.05, 4.69) is 0 Å². The van der Waals surface area contributed by atoms with Crippen LogP contribution in [0.3, 0.4) is 0 Å². The average Bonchev–Trinajstić information content (AvgIpc) is 2.16. The molecule has 0 aliphatic rings. The number of hydrogen-bond acceptors (Lipinski definition) is 6. The Morgan fingerprint density at radius 3 is 2.31 bits per heavy atom. The second kappa shape index (κ2) is 4.31. The van der Waals surface area contributed by atoms with E-state index >= 15 is 0 Å². The van der Waals surface area contributed by atoms with Crippen molar-refractivity contribution >= 4 is 21.8 Å². The van der Waals surface area contributed by atoms with E-state index in [1.165, 1.54) is 6.07 Å².